The van der Waals surface area contributed by atoms with Crippen molar-refractivity contribution in [3.05, 3.63) is 117 Å². The van der Waals surface area contributed by atoms with Gasteiger partial charge < -0.3 is 0 Å². The molecule has 0 aliphatic rings. The number of hydrogen-bond acceptors (Lipinski definition) is 2. The minimum absolute atomic E-state index is 0.749. The molecule has 39 heavy (non-hydrogen) atoms. The SMILES string of the molecule is C=c1c(-c2ccc(-c3ccc(CC)cc3C)s2)ccc(-c2ccc(-c3ccc(Cl)cc3)cc2C)c1=C.CSC. The van der Waals surface area contributed by atoms with Crippen molar-refractivity contribution in [3.8, 4) is 43.1 Å². The third-order valence-electron chi connectivity index (χ3n) is 6.96. The number of benzene rings is 4. The summed E-state index contributed by atoms with van der Waals surface area (Å²) >= 11 is 9.63. The number of thiophene rings is 1. The number of aryl methyl sites for hydroxylation is 3. The molecule has 0 nitrogen and oxygen atoms in total. The first-order valence-electron chi connectivity index (χ1n) is 13.1. The average molecular weight is 567 g/mol. The van der Waals surface area contributed by atoms with Crippen LogP contribution in [0, 0.1) is 13.8 Å². The van der Waals surface area contributed by atoms with E-state index in [1.54, 1.807) is 11.8 Å². The van der Waals surface area contributed by atoms with Crippen LogP contribution in [0.4, 0.5) is 0 Å². The van der Waals surface area contributed by atoms with E-state index in [0.29, 0.717) is 0 Å². The van der Waals surface area contributed by atoms with Gasteiger partial charge in [0.2, 0.25) is 0 Å². The van der Waals surface area contributed by atoms with Gasteiger partial charge in [-0.25, -0.2) is 0 Å². The minimum atomic E-state index is 0.749. The zero-order valence-electron chi connectivity index (χ0n) is 23.4. The van der Waals surface area contributed by atoms with E-state index >= 15 is 0 Å². The van der Waals surface area contributed by atoms with Crippen LogP contribution in [0.1, 0.15) is 23.6 Å². The van der Waals surface area contributed by atoms with E-state index in [9.17, 15) is 0 Å². The first kappa shape index (κ1) is 29.0. The van der Waals surface area contributed by atoms with Crippen molar-refractivity contribution in [2.45, 2.75) is 27.2 Å². The van der Waals surface area contributed by atoms with Gasteiger partial charge in [0.25, 0.3) is 0 Å². The van der Waals surface area contributed by atoms with E-state index in [0.717, 1.165) is 38.6 Å². The Morgan fingerprint density at radius 2 is 1.15 bits per heavy atom. The Balaban J connectivity index is 0.00000112. The molecule has 0 amide bonds. The highest BCUT2D eigenvalue weighted by Crippen LogP contribution is 2.35. The molecule has 0 spiro atoms. The Morgan fingerprint density at radius 3 is 1.77 bits per heavy atom. The van der Waals surface area contributed by atoms with Crippen molar-refractivity contribution in [1.29, 1.82) is 0 Å². The second kappa shape index (κ2) is 12.9. The summed E-state index contributed by atoms with van der Waals surface area (Å²) in [6.07, 6.45) is 5.14. The highest BCUT2D eigenvalue weighted by atomic mass is 35.5. The third-order valence-corrected chi connectivity index (χ3v) is 8.37. The molecule has 3 heteroatoms. The molecule has 4 aromatic carbocycles. The highest BCUT2D eigenvalue weighted by Gasteiger charge is 2.12. The molecular formula is C36H35ClS2. The van der Waals surface area contributed by atoms with E-state index in [1.807, 2.05) is 36.0 Å². The standard InChI is InChI=1S/C34H29ClS.C2H6S/c1-6-25-7-13-30(21(2)19-25)33-17-18-34(36-33)32-16-15-31(23(4)24(32)5)29-14-10-27(20-22(29)3)26-8-11-28(35)12-9-26;1-3-2/h7-20H,4-6H2,1-3H3;1-2H3. The Hall–Kier alpha value is -3.04. The molecule has 5 aromatic rings. The van der Waals surface area contributed by atoms with Crippen molar-refractivity contribution < 1.29 is 0 Å². The molecule has 0 fully saturated rings. The Bertz CT molecular complexity index is 1690. The predicted octanol–water partition coefficient (Wildman–Crippen LogP) is 10.0. The summed E-state index contributed by atoms with van der Waals surface area (Å²) in [6, 6.07) is 30.2. The lowest BCUT2D eigenvalue weighted by molar-refractivity contribution is 1.13. The van der Waals surface area contributed by atoms with Gasteiger partial charge >= 0.3 is 0 Å². The van der Waals surface area contributed by atoms with Crippen molar-refractivity contribution in [2.75, 3.05) is 12.5 Å². The Morgan fingerprint density at radius 1 is 0.641 bits per heavy atom. The van der Waals surface area contributed by atoms with Crippen LogP contribution >= 0.6 is 34.7 Å². The summed E-state index contributed by atoms with van der Waals surface area (Å²) in [7, 11) is 0. The fourth-order valence-electron chi connectivity index (χ4n) is 4.81. The Kier molecular flexibility index (Phi) is 9.56. The summed E-state index contributed by atoms with van der Waals surface area (Å²) < 4.78 is 0. The molecule has 0 saturated heterocycles. The van der Waals surface area contributed by atoms with Gasteiger partial charge in [-0.05, 0) is 118 Å². The van der Waals surface area contributed by atoms with Crippen molar-refractivity contribution in [3.63, 3.8) is 0 Å². The van der Waals surface area contributed by atoms with Crippen molar-refractivity contribution in [1.82, 2.24) is 0 Å². The number of halogens is 1. The van der Waals surface area contributed by atoms with Crippen LogP contribution in [-0.4, -0.2) is 12.5 Å². The minimum Gasteiger partial charge on any atom is -0.169 e. The van der Waals surface area contributed by atoms with Gasteiger partial charge in [0, 0.05) is 14.8 Å². The molecule has 1 heterocycles. The first-order chi connectivity index (χ1) is 18.8. The van der Waals surface area contributed by atoms with Crippen molar-refractivity contribution >= 4 is 47.9 Å². The normalized spacial score (nSPS) is 10.7. The Labute approximate surface area is 246 Å². The van der Waals surface area contributed by atoms with Crippen LogP contribution in [0.3, 0.4) is 0 Å². The molecule has 198 valence electrons. The fourth-order valence-corrected chi connectivity index (χ4v) is 6.09. The molecular weight excluding hydrogens is 532 g/mol. The molecule has 0 aliphatic carbocycles. The van der Waals surface area contributed by atoms with E-state index in [2.05, 4.69) is 107 Å². The van der Waals surface area contributed by atoms with Crippen LogP contribution in [0.2, 0.25) is 5.02 Å². The van der Waals surface area contributed by atoms with Crippen molar-refractivity contribution in [2.24, 2.45) is 0 Å². The number of hydrogen-bond donors (Lipinski definition) is 0. The molecule has 0 N–H and O–H groups in total. The van der Waals surface area contributed by atoms with Crippen LogP contribution in [0.25, 0.3) is 56.3 Å². The second-order valence-electron chi connectivity index (χ2n) is 9.73. The quantitative estimate of drug-likeness (QED) is 0.204. The highest BCUT2D eigenvalue weighted by molar-refractivity contribution is 7.97. The lowest BCUT2D eigenvalue weighted by Crippen LogP contribution is -2.26. The molecule has 0 unspecified atom stereocenters. The van der Waals surface area contributed by atoms with Gasteiger partial charge in [-0.3, -0.25) is 0 Å². The fraction of sp³-hybridized carbons (Fsp3) is 0.167. The van der Waals surface area contributed by atoms with Gasteiger partial charge in [-0.1, -0.05) is 92.3 Å². The molecule has 0 bridgehead atoms. The monoisotopic (exact) mass is 566 g/mol. The van der Waals surface area contributed by atoms with Gasteiger partial charge in [-0.15, -0.1) is 11.3 Å². The average Bonchev–Trinajstić information content (AvgIpc) is 3.41. The summed E-state index contributed by atoms with van der Waals surface area (Å²) in [5.41, 5.74) is 11.0. The summed E-state index contributed by atoms with van der Waals surface area (Å²) in [4.78, 5) is 2.51. The molecule has 0 saturated carbocycles. The molecule has 5 rings (SSSR count). The smallest absolute Gasteiger partial charge is 0.0406 e. The van der Waals surface area contributed by atoms with Crippen LogP contribution in [0.15, 0.2) is 84.9 Å². The first-order valence-corrected chi connectivity index (χ1v) is 15.9. The van der Waals surface area contributed by atoms with Crippen LogP contribution in [0.5, 0.6) is 0 Å². The zero-order valence-corrected chi connectivity index (χ0v) is 25.8. The molecule has 0 radical (unpaired) electrons. The summed E-state index contributed by atoms with van der Waals surface area (Å²) in [6.45, 7) is 15.4. The van der Waals surface area contributed by atoms with E-state index in [1.165, 1.54) is 43.1 Å². The maximum absolute atomic E-state index is 6.06. The molecule has 1 aromatic heterocycles. The topological polar surface area (TPSA) is 0 Å². The van der Waals surface area contributed by atoms with E-state index < -0.39 is 0 Å². The predicted molar refractivity (Wildman–Crippen MR) is 180 cm³/mol. The second-order valence-corrected chi connectivity index (χ2v) is 12.1. The summed E-state index contributed by atoms with van der Waals surface area (Å²) in [5, 5.41) is 2.72. The van der Waals surface area contributed by atoms with E-state index in [-0.39, 0.29) is 0 Å². The largest absolute Gasteiger partial charge is 0.169 e. The van der Waals surface area contributed by atoms with Gasteiger partial charge in [0.1, 0.15) is 0 Å². The number of rotatable bonds is 5. The zero-order chi connectivity index (χ0) is 28.1. The van der Waals surface area contributed by atoms with Gasteiger partial charge in [0.05, 0.1) is 0 Å². The molecule has 0 aliphatic heterocycles. The van der Waals surface area contributed by atoms with Crippen LogP contribution in [-0.2, 0) is 6.42 Å². The van der Waals surface area contributed by atoms with Crippen LogP contribution < -0.4 is 10.4 Å². The maximum Gasteiger partial charge on any atom is 0.0406 e. The lowest BCUT2D eigenvalue weighted by atomic mass is 9.93. The lowest BCUT2D eigenvalue weighted by Gasteiger charge is -2.12. The van der Waals surface area contributed by atoms with Gasteiger partial charge in [-0.2, -0.15) is 11.8 Å². The van der Waals surface area contributed by atoms with Gasteiger partial charge in [0.15, 0.2) is 0 Å². The number of thioether (sulfide) groups is 1. The maximum atomic E-state index is 6.06. The summed E-state index contributed by atoms with van der Waals surface area (Å²) in [5.74, 6) is 0. The molecule has 0 atom stereocenters. The van der Waals surface area contributed by atoms with E-state index in [4.69, 9.17) is 11.6 Å². The third kappa shape index (κ3) is 6.41.